The summed E-state index contributed by atoms with van der Waals surface area (Å²) in [7, 11) is 0. The number of benzene rings is 4. The van der Waals surface area contributed by atoms with Crippen molar-refractivity contribution in [3.63, 3.8) is 0 Å². The molecule has 0 bridgehead atoms. The van der Waals surface area contributed by atoms with E-state index in [1.807, 2.05) is 58.2 Å². The summed E-state index contributed by atoms with van der Waals surface area (Å²) in [5.41, 5.74) is 5.54. The van der Waals surface area contributed by atoms with Crippen molar-refractivity contribution in [2.24, 2.45) is 0 Å². The van der Waals surface area contributed by atoms with E-state index in [4.69, 9.17) is 11.2 Å². The van der Waals surface area contributed by atoms with Crippen LogP contribution in [0.15, 0.2) is 82.6 Å². The van der Waals surface area contributed by atoms with E-state index >= 15 is 0 Å². The SMILES string of the molecule is C.C#Cc1ccc2c(c1)C(C)(C)CCS2.CCOC(=O)c1ccc(C#Cc2ccc3c(c2)C(C)(C)CCS3)cc1F.CCOC(=O)c1ccc(I)cc1F. The molecule has 0 saturated carbocycles. The fourth-order valence-corrected chi connectivity index (χ4v) is 9.04. The molecule has 4 nitrogen and oxygen atoms in total. The van der Waals surface area contributed by atoms with Gasteiger partial charge in [0.15, 0.2) is 0 Å². The fraction of sp³-hybridized carbons (Fsp3) is 0.333. The van der Waals surface area contributed by atoms with Crippen LogP contribution in [0.2, 0.25) is 0 Å². The van der Waals surface area contributed by atoms with Crippen molar-refractivity contribution in [2.45, 2.75) is 82.4 Å². The van der Waals surface area contributed by atoms with Gasteiger partial charge in [0.25, 0.3) is 0 Å². The first-order valence-electron chi connectivity index (χ1n) is 17.3. The van der Waals surface area contributed by atoms with Crippen LogP contribution in [0, 0.1) is 39.4 Å². The lowest BCUT2D eigenvalue weighted by molar-refractivity contribution is 0.0511. The van der Waals surface area contributed by atoms with Gasteiger partial charge in [-0.1, -0.05) is 52.9 Å². The fourth-order valence-electron chi connectivity index (χ4n) is 5.61. The zero-order valence-corrected chi connectivity index (χ0v) is 34.6. The summed E-state index contributed by atoms with van der Waals surface area (Å²) in [5.74, 6) is 8.73. The Kier molecular flexibility index (Phi) is 16.7. The molecule has 4 aromatic rings. The Morgan fingerprint density at radius 1 is 0.704 bits per heavy atom. The minimum atomic E-state index is -0.654. The number of terminal acetylenes is 1. The van der Waals surface area contributed by atoms with Gasteiger partial charge < -0.3 is 9.47 Å². The summed E-state index contributed by atoms with van der Waals surface area (Å²) in [6, 6.07) is 21.3. The van der Waals surface area contributed by atoms with Crippen molar-refractivity contribution >= 4 is 58.1 Å². The highest BCUT2D eigenvalue weighted by atomic mass is 127. The van der Waals surface area contributed by atoms with Crippen LogP contribution in [0.1, 0.15) is 110 Å². The van der Waals surface area contributed by atoms with Crippen molar-refractivity contribution in [2.75, 3.05) is 24.7 Å². The van der Waals surface area contributed by atoms with E-state index < -0.39 is 23.6 Å². The highest BCUT2D eigenvalue weighted by molar-refractivity contribution is 14.1. The van der Waals surface area contributed by atoms with Crippen molar-refractivity contribution in [1.82, 2.24) is 0 Å². The van der Waals surface area contributed by atoms with Gasteiger partial charge in [0.2, 0.25) is 0 Å². The zero-order valence-electron chi connectivity index (χ0n) is 30.8. The quantitative estimate of drug-likeness (QED) is 0.116. The van der Waals surface area contributed by atoms with Gasteiger partial charge in [-0.25, -0.2) is 18.4 Å². The molecular weight excluding hydrogens is 834 g/mol. The van der Waals surface area contributed by atoms with E-state index in [9.17, 15) is 18.4 Å². The lowest BCUT2D eigenvalue weighted by Gasteiger charge is -2.32. The van der Waals surface area contributed by atoms with Crippen LogP contribution in [0.3, 0.4) is 0 Å². The third-order valence-corrected chi connectivity index (χ3v) is 11.6. The molecule has 284 valence electrons. The predicted octanol–water partition coefficient (Wildman–Crippen LogP) is 11.9. The maximum atomic E-state index is 14.1. The van der Waals surface area contributed by atoms with Crippen LogP contribution < -0.4 is 0 Å². The van der Waals surface area contributed by atoms with E-state index in [1.165, 1.54) is 57.4 Å². The number of halogens is 3. The second-order valence-corrected chi connectivity index (χ2v) is 17.1. The Balaban J connectivity index is 0.000000237. The van der Waals surface area contributed by atoms with Gasteiger partial charge >= 0.3 is 11.9 Å². The van der Waals surface area contributed by atoms with Crippen molar-refractivity contribution in [1.29, 1.82) is 0 Å². The topological polar surface area (TPSA) is 52.6 Å². The molecule has 54 heavy (non-hydrogen) atoms. The van der Waals surface area contributed by atoms with E-state index in [2.05, 4.69) is 74.5 Å². The maximum absolute atomic E-state index is 14.1. The largest absolute Gasteiger partial charge is 0.462 e. The number of ether oxygens (including phenoxy) is 2. The van der Waals surface area contributed by atoms with Gasteiger partial charge in [0, 0.05) is 30.1 Å². The summed E-state index contributed by atoms with van der Waals surface area (Å²) in [4.78, 5) is 25.5. The third-order valence-electron chi connectivity index (χ3n) is 8.80. The Labute approximate surface area is 342 Å². The molecule has 0 radical (unpaired) electrons. The predicted molar refractivity (Wildman–Crippen MR) is 228 cm³/mol. The van der Waals surface area contributed by atoms with Gasteiger partial charge in [-0.2, -0.15) is 0 Å². The Hall–Kier alpha value is -3.77. The number of rotatable bonds is 4. The Morgan fingerprint density at radius 3 is 1.59 bits per heavy atom. The van der Waals surface area contributed by atoms with Crippen LogP contribution in [-0.4, -0.2) is 36.7 Å². The Bertz CT molecular complexity index is 2070. The summed E-state index contributed by atoms with van der Waals surface area (Å²) < 4.78 is 37.5. The standard InChI is InChI=1S/C22H21FO2S.C13H14S.C9H8FIO2.CH4/c1-4-25-21(24)17-9-7-16(14-19(17)23)6-5-15-8-10-20-18(13-15)22(2,3)11-12-26-20;1-4-10-5-6-12-11(9-10)13(2,3)7-8-14-12;1-2-13-9(12)7-4-3-6(11)5-8(7)10;/h7-10,13-14H,4,11-12H2,1-3H3;1,5-6,9H,7-8H2,2-3H3;3-5H,2H2,1H3;1H4. The molecule has 0 amide bonds. The average Bonchev–Trinajstić information content (AvgIpc) is 3.11. The molecule has 9 heteroatoms. The van der Waals surface area contributed by atoms with Crippen LogP contribution in [0.5, 0.6) is 0 Å². The number of hydrogen-bond donors (Lipinski definition) is 0. The highest BCUT2D eigenvalue weighted by Gasteiger charge is 2.28. The summed E-state index contributed by atoms with van der Waals surface area (Å²) in [6.45, 7) is 12.9. The second kappa shape index (κ2) is 20.2. The van der Waals surface area contributed by atoms with Crippen molar-refractivity contribution < 1.29 is 27.8 Å². The molecule has 0 fully saturated rings. The number of fused-ring (bicyclic) bond motifs is 2. The van der Waals surface area contributed by atoms with Crippen LogP contribution in [0.4, 0.5) is 8.78 Å². The second-order valence-electron chi connectivity index (χ2n) is 13.5. The Morgan fingerprint density at radius 2 is 1.13 bits per heavy atom. The van der Waals surface area contributed by atoms with Crippen LogP contribution in [-0.2, 0) is 20.3 Å². The number of thioether (sulfide) groups is 2. The van der Waals surface area contributed by atoms with E-state index in [-0.39, 0.29) is 42.6 Å². The van der Waals surface area contributed by atoms with E-state index in [1.54, 1.807) is 26.0 Å². The average molecular weight is 881 g/mol. The summed E-state index contributed by atoms with van der Waals surface area (Å²) >= 11 is 5.80. The first-order valence-corrected chi connectivity index (χ1v) is 20.4. The van der Waals surface area contributed by atoms with E-state index in [0.29, 0.717) is 5.56 Å². The summed E-state index contributed by atoms with van der Waals surface area (Å²) in [5, 5.41) is 0. The zero-order chi connectivity index (χ0) is 38.8. The molecule has 6 rings (SSSR count). The minimum absolute atomic E-state index is 0. The van der Waals surface area contributed by atoms with Gasteiger partial charge in [0.05, 0.1) is 24.3 Å². The van der Waals surface area contributed by atoms with Gasteiger partial charge in [-0.05, 0) is 156 Å². The molecule has 0 saturated heterocycles. The first kappa shape index (κ1) is 44.6. The number of carbonyl (C=O) groups excluding carboxylic acids is 2. The van der Waals surface area contributed by atoms with Gasteiger partial charge in [-0.15, -0.1) is 29.9 Å². The maximum Gasteiger partial charge on any atom is 0.341 e. The molecule has 0 unspecified atom stereocenters. The van der Waals surface area contributed by atoms with Gasteiger partial charge in [0.1, 0.15) is 11.6 Å². The molecule has 0 spiro atoms. The molecule has 2 aliphatic heterocycles. The minimum Gasteiger partial charge on any atom is -0.462 e. The molecule has 0 aromatic heterocycles. The molecule has 0 aliphatic carbocycles. The molecule has 2 aliphatic rings. The third kappa shape index (κ3) is 11.9. The molecule has 4 aromatic carbocycles. The number of esters is 2. The molecular formula is C45H47F2IO4S2. The van der Waals surface area contributed by atoms with Crippen LogP contribution in [0.25, 0.3) is 0 Å². The number of hydrogen-bond acceptors (Lipinski definition) is 6. The lowest BCUT2D eigenvalue weighted by atomic mass is 9.81. The normalized spacial score (nSPS) is 14.2. The lowest BCUT2D eigenvalue weighted by Crippen LogP contribution is -2.22. The number of carbonyl (C=O) groups is 2. The first-order chi connectivity index (χ1) is 25.2. The monoisotopic (exact) mass is 880 g/mol. The van der Waals surface area contributed by atoms with Gasteiger partial charge in [-0.3, -0.25) is 0 Å². The van der Waals surface area contributed by atoms with Crippen LogP contribution >= 0.6 is 46.1 Å². The smallest absolute Gasteiger partial charge is 0.341 e. The molecule has 0 N–H and O–H groups in total. The molecule has 2 heterocycles. The summed E-state index contributed by atoms with van der Waals surface area (Å²) in [6.07, 6.45) is 7.79. The van der Waals surface area contributed by atoms with Crippen molar-refractivity contribution in [3.05, 3.63) is 127 Å². The van der Waals surface area contributed by atoms with Crippen molar-refractivity contribution in [3.8, 4) is 24.2 Å². The van der Waals surface area contributed by atoms with E-state index in [0.717, 1.165) is 26.9 Å². The molecule has 0 atom stereocenters. The highest BCUT2D eigenvalue weighted by Crippen LogP contribution is 2.42.